The largest absolute Gasteiger partial charge is 0.344 e. The lowest BCUT2D eigenvalue weighted by Gasteiger charge is -2.20. The van der Waals surface area contributed by atoms with E-state index in [-0.39, 0.29) is 0 Å². The second-order valence-corrected chi connectivity index (χ2v) is 4.03. The van der Waals surface area contributed by atoms with Crippen LogP contribution in [0.1, 0.15) is 25.7 Å². The Bertz CT molecular complexity index is 95.7. The molecule has 0 aliphatic carbocycles. The van der Waals surface area contributed by atoms with E-state index < -0.39 is 0 Å². The zero-order valence-electron chi connectivity index (χ0n) is 7.90. The van der Waals surface area contributed by atoms with Crippen molar-refractivity contribution >= 4 is 0 Å². The molecule has 0 spiro atoms. The summed E-state index contributed by atoms with van der Waals surface area (Å²) in [5.41, 5.74) is 0. The van der Waals surface area contributed by atoms with Gasteiger partial charge < -0.3 is 10.2 Å². The average molecular weight is 158 g/mol. The van der Waals surface area contributed by atoms with Crippen LogP contribution in [-0.4, -0.2) is 33.2 Å². The molecule has 1 saturated heterocycles. The minimum absolute atomic E-state index is 0.943. The molecule has 2 nitrogen and oxygen atoms in total. The van der Waals surface area contributed by atoms with E-state index in [0.717, 1.165) is 6.04 Å². The van der Waals surface area contributed by atoms with Crippen LogP contribution < -0.4 is 10.2 Å². The molecule has 0 saturated carbocycles. The van der Waals surface area contributed by atoms with Gasteiger partial charge in [0.2, 0.25) is 0 Å². The first kappa shape index (κ1) is 9.01. The summed E-state index contributed by atoms with van der Waals surface area (Å²) in [7, 11) is 4.48. The van der Waals surface area contributed by atoms with E-state index in [4.69, 9.17) is 0 Å². The summed E-state index contributed by atoms with van der Waals surface area (Å²) in [4.78, 5) is 1.59. The fraction of sp³-hybridized carbons (Fsp3) is 1.00. The monoisotopic (exact) mass is 158 g/mol. The Morgan fingerprint density at radius 1 is 1.36 bits per heavy atom. The second-order valence-electron chi connectivity index (χ2n) is 4.03. The van der Waals surface area contributed by atoms with Gasteiger partial charge in [0.1, 0.15) is 0 Å². The summed E-state index contributed by atoms with van der Waals surface area (Å²) in [5.74, 6) is 0. The van der Waals surface area contributed by atoms with Crippen LogP contribution >= 0.6 is 0 Å². The summed E-state index contributed by atoms with van der Waals surface area (Å²) in [6, 6.07) is 0.943. The highest BCUT2D eigenvalue weighted by Crippen LogP contribution is 2.02. The average Bonchev–Trinajstić information content (AvgIpc) is 2.03. The number of rotatable bonds is 3. The molecule has 0 bridgehead atoms. The van der Waals surface area contributed by atoms with Gasteiger partial charge in [-0.3, -0.25) is 0 Å². The molecule has 3 N–H and O–H groups in total. The van der Waals surface area contributed by atoms with Gasteiger partial charge in [-0.2, -0.15) is 0 Å². The fourth-order valence-corrected chi connectivity index (χ4v) is 1.76. The standard InChI is InChI=1S/C9H20N2/c1-11(2)8-6-9-5-3-4-7-10-9/h9-10H,3-8H2,1-2H3/p+2/t9-/m1/s1. The van der Waals surface area contributed by atoms with Crippen LogP contribution in [0.3, 0.4) is 0 Å². The number of hydrogen-bond donors (Lipinski definition) is 2. The molecule has 1 heterocycles. The maximum atomic E-state index is 2.53. The molecule has 0 aromatic heterocycles. The number of nitrogens with two attached hydrogens (primary N) is 1. The highest BCUT2D eigenvalue weighted by molar-refractivity contribution is 4.57. The van der Waals surface area contributed by atoms with Crippen molar-refractivity contribution in [1.82, 2.24) is 0 Å². The number of piperidine rings is 1. The van der Waals surface area contributed by atoms with Crippen molar-refractivity contribution in [3.63, 3.8) is 0 Å². The van der Waals surface area contributed by atoms with Gasteiger partial charge in [-0.05, 0) is 19.3 Å². The fourth-order valence-electron chi connectivity index (χ4n) is 1.76. The molecule has 0 aromatic rings. The first-order chi connectivity index (χ1) is 5.29. The molecule has 11 heavy (non-hydrogen) atoms. The summed E-state index contributed by atoms with van der Waals surface area (Å²) >= 11 is 0. The SMILES string of the molecule is C[NH+](C)CC[C@H]1CCCC[NH2+]1. The van der Waals surface area contributed by atoms with Crippen LogP contribution in [0.25, 0.3) is 0 Å². The Hall–Kier alpha value is -0.0800. The Balaban J connectivity index is 2.05. The Morgan fingerprint density at radius 2 is 2.18 bits per heavy atom. The summed E-state index contributed by atoms with van der Waals surface area (Å²) < 4.78 is 0. The van der Waals surface area contributed by atoms with Crippen LogP contribution in [0, 0.1) is 0 Å². The van der Waals surface area contributed by atoms with Gasteiger partial charge in [0, 0.05) is 6.42 Å². The lowest BCUT2D eigenvalue weighted by atomic mass is 10.0. The highest BCUT2D eigenvalue weighted by Gasteiger charge is 2.16. The molecular weight excluding hydrogens is 136 g/mol. The molecule has 1 fully saturated rings. The van der Waals surface area contributed by atoms with Gasteiger partial charge >= 0.3 is 0 Å². The minimum atomic E-state index is 0.943. The van der Waals surface area contributed by atoms with Crippen molar-refractivity contribution in [3.8, 4) is 0 Å². The molecule has 0 amide bonds. The zero-order valence-corrected chi connectivity index (χ0v) is 7.90. The molecule has 1 atom stereocenters. The van der Waals surface area contributed by atoms with E-state index in [1.807, 2.05) is 0 Å². The zero-order chi connectivity index (χ0) is 8.10. The van der Waals surface area contributed by atoms with E-state index in [1.165, 1.54) is 38.8 Å². The van der Waals surface area contributed by atoms with Crippen molar-refractivity contribution < 1.29 is 10.2 Å². The van der Waals surface area contributed by atoms with Crippen molar-refractivity contribution in [1.29, 1.82) is 0 Å². The number of quaternary nitrogens is 2. The first-order valence-corrected chi connectivity index (χ1v) is 4.91. The molecule has 0 unspecified atom stereocenters. The van der Waals surface area contributed by atoms with Crippen molar-refractivity contribution in [2.75, 3.05) is 27.2 Å². The molecule has 0 radical (unpaired) electrons. The van der Waals surface area contributed by atoms with Gasteiger partial charge in [-0.1, -0.05) is 0 Å². The third-order valence-electron chi connectivity index (χ3n) is 2.54. The predicted molar refractivity (Wildman–Crippen MR) is 46.7 cm³/mol. The predicted octanol–water partition coefficient (Wildman–Crippen LogP) is -1.36. The molecular formula is C9H22N2+2. The van der Waals surface area contributed by atoms with Crippen molar-refractivity contribution in [2.24, 2.45) is 0 Å². The summed E-state index contributed by atoms with van der Waals surface area (Å²) in [5, 5.41) is 2.53. The quantitative estimate of drug-likeness (QED) is 0.506. The normalized spacial score (nSPS) is 25.9. The molecule has 1 rings (SSSR count). The lowest BCUT2D eigenvalue weighted by molar-refractivity contribution is -0.861. The van der Waals surface area contributed by atoms with Crippen molar-refractivity contribution in [3.05, 3.63) is 0 Å². The van der Waals surface area contributed by atoms with Gasteiger partial charge in [0.05, 0.1) is 33.2 Å². The second kappa shape index (κ2) is 4.73. The number of hydrogen-bond acceptors (Lipinski definition) is 0. The molecule has 1 aliphatic heterocycles. The van der Waals surface area contributed by atoms with Crippen LogP contribution in [0.2, 0.25) is 0 Å². The Kier molecular flexibility index (Phi) is 3.87. The maximum Gasteiger partial charge on any atom is 0.0913 e. The van der Waals surface area contributed by atoms with E-state index in [2.05, 4.69) is 19.4 Å². The minimum Gasteiger partial charge on any atom is -0.344 e. The molecule has 2 heteroatoms. The molecule has 66 valence electrons. The topological polar surface area (TPSA) is 21.1 Å². The third-order valence-corrected chi connectivity index (χ3v) is 2.54. The Morgan fingerprint density at radius 3 is 2.73 bits per heavy atom. The van der Waals surface area contributed by atoms with Gasteiger partial charge in [0.25, 0.3) is 0 Å². The summed E-state index contributed by atoms with van der Waals surface area (Å²) in [6.45, 7) is 2.70. The highest BCUT2D eigenvalue weighted by atomic mass is 15.1. The first-order valence-electron chi connectivity index (χ1n) is 4.91. The van der Waals surface area contributed by atoms with Crippen LogP contribution in [-0.2, 0) is 0 Å². The van der Waals surface area contributed by atoms with Gasteiger partial charge in [-0.15, -0.1) is 0 Å². The third kappa shape index (κ3) is 3.73. The smallest absolute Gasteiger partial charge is 0.0913 e. The molecule has 0 aromatic carbocycles. The van der Waals surface area contributed by atoms with Gasteiger partial charge in [-0.25, -0.2) is 0 Å². The van der Waals surface area contributed by atoms with E-state index in [1.54, 1.807) is 4.90 Å². The molecule has 1 aliphatic rings. The maximum absolute atomic E-state index is 2.53. The van der Waals surface area contributed by atoms with Crippen LogP contribution in [0.4, 0.5) is 0 Å². The summed E-state index contributed by atoms with van der Waals surface area (Å²) in [6.07, 6.45) is 5.75. The lowest BCUT2D eigenvalue weighted by Crippen LogP contribution is -3.06. The Labute approximate surface area is 70.0 Å². The van der Waals surface area contributed by atoms with E-state index in [9.17, 15) is 0 Å². The van der Waals surface area contributed by atoms with Crippen LogP contribution in [0.15, 0.2) is 0 Å². The van der Waals surface area contributed by atoms with E-state index in [0.29, 0.717) is 0 Å². The number of nitrogens with one attached hydrogen (secondary N) is 1. The van der Waals surface area contributed by atoms with Gasteiger partial charge in [0.15, 0.2) is 0 Å². The van der Waals surface area contributed by atoms with E-state index >= 15 is 0 Å². The van der Waals surface area contributed by atoms with Crippen molar-refractivity contribution in [2.45, 2.75) is 31.7 Å². The van der Waals surface area contributed by atoms with Crippen LogP contribution in [0.5, 0.6) is 0 Å².